The van der Waals surface area contributed by atoms with Crippen LogP contribution >= 0.6 is 0 Å². The van der Waals surface area contributed by atoms with E-state index in [1.807, 2.05) is 29.2 Å². The number of hydrogen-bond donors (Lipinski definition) is 0. The van der Waals surface area contributed by atoms with E-state index in [0.29, 0.717) is 18.9 Å². The van der Waals surface area contributed by atoms with Gasteiger partial charge in [0.2, 0.25) is 11.8 Å². The number of carbonyl (C=O) groups is 1. The third-order valence-electron chi connectivity index (χ3n) is 5.23. The molecule has 7 heteroatoms. The Labute approximate surface area is 173 Å². The molecule has 1 amide bonds. The largest absolute Gasteiger partial charge is 0.497 e. The maximum absolute atomic E-state index is 12.7. The molecule has 1 aromatic carbocycles. The van der Waals surface area contributed by atoms with Crippen molar-refractivity contribution in [1.29, 1.82) is 0 Å². The van der Waals surface area contributed by atoms with Crippen LogP contribution in [0.4, 0.5) is 0 Å². The van der Waals surface area contributed by atoms with Crippen LogP contribution in [-0.2, 0) is 23.2 Å². The van der Waals surface area contributed by atoms with Crippen LogP contribution in [0.15, 0.2) is 28.8 Å². The van der Waals surface area contributed by atoms with Crippen LogP contribution < -0.4 is 4.74 Å². The van der Waals surface area contributed by atoms with Crippen molar-refractivity contribution in [3.8, 4) is 5.75 Å². The maximum atomic E-state index is 12.7. The summed E-state index contributed by atoms with van der Waals surface area (Å²) in [7, 11) is 1.66. The van der Waals surface area contributed by atoms with Gasteiger partial charge < -0.3 is 14.2 Å². The van der Waals surface area contributed by atoms with E-state index >= 15 is 0 Å². The van der Waals surface area contributed by atoms with Gasteiger partial charge >= 0.3 is 0 Å². The molecule has 1 fully saturated rings. The Hall–Kier alpha value is -2.41. The number of aryl methyl sites for hydroxylation is 1. The van der Waals surface area contributed by atoms with Gasteiger partial charge in [-0.3, -0.25) is 9.69 Å². The van der Waals surface area contributed by atoms with Crippen LogP contribution in [0.1, 0.15) is 50.9 Å². The van der Waals surface area contributed by atoms with Crippen molar-refractivity contribution >= 4 is 5.91 Å². The SMILES string of the molecule is COc1ccc(CCC(=O)N2CCCN(Cc3nc(C(C)(C)C)no3)CC2)cc1. The van der Waals surface area contributed by atoms with Gasteiger partial charge in [0, 0.05) is 38.0 Å². The van der Waals surface area contributed by atoms with E-state index < -0.39 is 0 Å². The van der Waals surface area contributed by atoms with Crippen LogP contribution in [0, 0.1) is 0 Å². The molecule has 1 saturated heterocycles. The fourth-order valence-electron chi connectivity index (χ4n) is 3.40. The molecule has 7 nitrogen and oxygen atoms in total. The Morgan fingerprint density at radius 3 is 2.55 bits per heavy atom. The lowest BCUT2D eigenvalue weighted by molar-refractivity contribution is -0.131. The van der Waals surface area contributed by atoms with Crippen molar-refractivity contribution < 1.29 is 14.1 Å². The molecule has 0 spiro atoms. The number of ether oxygens (including phenoxy) is 1. The summed E-state index contributed by atoms with van der Waals surface area (Å²) in [4.78, 5) is 21.5. The van der Waals surface area contributed by atoms with Crippen LogP contribution in [0.5, 0.6) is 5.75 Å². The summed E-state index contributed by atoms with van der Waals surface area (Å²) in [6.45, 7) is 10.1. The number of hydrogen-bond acceptors (Lipinski definition) is 6. The Kier molecular flexibility index (Phi) is 6.90. The fourth-order valence-corrected chi connectivity index (χ4v) is 3.40. The van der Waals surface area contributed by atoms with Gasteiger partial charge in [0.05, 0.1) is 13.7 Å². The summed E-state index contributed by atoms with van der Waals surface area (Å²) in [5.41, 5.74) is 1.04. The maximum Gasteiger partial charge on any atom is 0.240 e. The lowest BCUT2D eigenvalue weighted by Gasteiger charge is -2.21. The predicted molar refractivity (Wildman–Crippen MR) is 111 cm³/mol. The first-order chi connectivity index (χ1) is 13.8. The molecule has 3 rings (SSSR count). The average molecular weight is 401 g/mol. The molecule has 0 bridgehead atoms. The highest BCUT2D eigenvalue weighted by atomic mass is 16.5. The molecule has 2 aromatic rings. The standard InChI is InChI=1S/C22H32N4O3/c1-22(2,3)21-23-19(29-24-21)16-25-12-5-13-26(15-14-25)20(27)11-8-17-6-9-18(28-4)10-7-17/h6-7,9-10H,5,8,11-16H2,1-4H3. The third kappa shape index (κ3) is 6.03. The molecule has 1 aromatic heterocycles. The lowest BCUT2D eigenvalue weighted by atomic mass is 9.96. The predicted octanol–water partition coefficient (Wildman–Crippen LogP) is 3.04. The van der Waals surface area contributed by atoms with Gasteiger partial charge in [0.1, 0.15) is 5.75 Å². The minimum absolute atomic E-state index is 0.117. The van der Waals surface area contributed by atoms with Crippen molar-refractivity contribution in [1.82, 2.24) is 19.9 Å². The molecule has 0 unspecified atom stereocenters. The second kappa shape index (κ2) is 9.39. The Bertz CT molecular complexity index is 795. The van der Waals surface area contributed by atoms with Gasteiger partial charge in [-0.15, -0.1) is 0 Å². The number of rotatable bonds is 6. The summed E-state index contributed by atoms with van der Waals surface area (Å²) in [6, 6.07) is 7.91. The number of aromatic nitrogens is 2. The summed E-state index contributed by atoms with van der Waals surface area (Å²) < 4.78 is 10.6. The Balaban J connectivity index is 1.47. The number of nitrogens with zero attached hydrogens (tertiary/aromatic N) is 4. The molecule has 0 aliphatic carbocycles. The average Bonchev–Trinajstić information content (AvgIpc) is 3.05. The molecule has 29 heavy (non-hydrogen) atoms. The van der Waals surface area contributed by atoms with Gasteiger partial charge in [0.15, 0.2) is 5.82 Å². The highest BCUT2D eigenvalue weighted by Crippen LogP contribution is 2.19. The van der Waals surface area contributed by atoms with Gasteiger partial charge in [-0.25, -0.2) is 0 Å². The van der Waals surface area contributed by atoms with E-state index in [-0.39, 0.29) is 11.3 Å². The van der Waals surface area contributed by atoms with Gasteiger partial charge in [-0.1, -0.05) is 38.1 Å². The van der Waals surface area contributed by atoms with Gasteiger partial charge in [-0.2, -0.15) is 4.98 Å². The zero-order chi connectivity index (χ0) is 20.9. The minimum Gasteiger partial charge on any atom is -0.497 e. The summed E-state index contributed by atoms with van der Waals surface area (Å²) in [5.74, 6) is 2.44. The minimum atomic E-state index is -0.117. The van der Waals surface area contributed by atoms with E-state index in [1.54, 1.807) is 7.11 Å². The first-order valence-electron chi connectivity index (χ1n) is 10.3. The molecular formula is C22H32N4O3. The lowest BCUT2D eigenvalue weighted by Crippen LogP contribution is -2.35. The second-order valence-electron chi connectivity index (χ2n) is 8.62. The van der Waals surface area contributed by atoms with Crippen LogP contribution in [0.25, 0.3) is 0 Å². The fraction of sp³-hybridized carbons (Fsp3) is 0.591. The topological polar surface area (TPSA) is 71.7 Å². The molecular weight excluding hydrogens is 368 g/mol. The van der Waals surface area contributed by atoms with Crippen LogP contribution in [0.3, 0.4) is 0 Å². The second-order valence-corrected chi connectivity index (χ2v) is 8.62. The monoisotopic (exact) mass is 400 g/mol. The number of methoxy groups -OCH3 is 1. The normalized spacial score (nSPS) is 15.9. The van der Waals surface area contributed by atoms with Gasteiger partial charge in [0.25, 0.3) is 0 Å². The smallest absolute Gasteiger partial charge is 0.240 e. The van der Waals surface area contributed by atoms with Crippen molar-refractivity contribution in [2.45, 2.75) is 52.0 Å². The Morgan fingerprint density at radius 1 is 1.14 bits per heavy atom. The van der Waals surface area contributed by atoms with E-state index in [0.717, 1.165) is 56.2 Å². The van der Waals surface area contributed by atoms with E-state index in [2.05, 4.69) is 35.8 Å². The van der Waals surface area contributed by atoms with E-state index in [9.17, 15) is 4.79 Å². The zero-order valence-corrected chi connectivity index (χ0v) is 18.0. The molecule has 0 radical (unpaired) electrons. The van der Waals surface area contributed by atoms with Crippen LogP contribution in [0.2, 0.25) is 0 Å². The molecule has 1 aliphatic rings. The molecule has 2 heterocycles. The van der Waals surface area contributed by atoms with Crippen LogP contribution in [-0.4, -0.2) is 59.1 Å². The quantitative estimate of drug-likeness (QED) is 0.742. The number of carbonyl (C=O) groups excluding carboxylic acids is 1. The van der Waals surface area contributed by atoms with Crippen molar-refractivity contribution in [3.63, 3.8) is 0 Å². The molecule has 158 valence electrons. The van der Waals surface area contributed by atoms with Crippen molar-refractivity contribution in [2.24, 2.45) is 0 Å². The first kappa shape index (κ1) is 21.3. The highest BCUT2D eigenvalue weighted by Gasteiger charge is 2.23. The summed E-state index contributed by atoms with van der Waals surface area (Å²) in [6.07, 6.45) is 2.24. The van der Waals surface area contributed by atoms with E-state index in [4.69, 9.17) is 9.26 Å². The molecule has 1 aliphatic heterocycles. The van der Waals surface area contributed by atoms with E-state index in [1.165, 1.54) is 0 Å². The van der Waals surface area contributed by atoms with Crippen molar-refractivity contribution in [2.75, 3.05) is 33.3 Å². The highest BCUT2D eigenvalue weighted by molar-refractivity contribution is 5.76. The molecule has 0 saturated carbocycles. The first-order valence-corrected chi connectivity index (χ1v) is 10.3. The molecule has 0 atom stereocenters. The summed E-state index contributed by atoms with van der Waals surface area (Å²) >= 11 is 0. The zero-order valence-electron chi connectivity index (χ0n) is 18.0. The number of benzene rings is 1. The summed E-state index contributed by atoms with van der Waals surface area (Å²) in [5, 5.41) is 4.10. The van der Waals surface area contributed by atoms with Gasteiger partial charge in [-0.05, 0) is 30.5 Å². The number of amides is 1. The Morgan fingerprint density at radius 2 is 1.90 bits per heavy atom. The third-order valence-corrected chi connectivity index (χ3v) is 5.23. The molecule has 0 N–H and O–H groups in total. The van der Waals surface area contributed by atoms with Crippen molar-refractivity contribution in [3.05, 3.63) is 41.5 Å².